The largest absolute Gasteiger partial charge is 0.428 e. The van der Waals surface area contributed by atoms with Crippen molar-refractivity contribution < 1.29 is 9.47 Å². The molecule has 0 aliphatic carbocycles. The van der Waals surface area contributed by atoms with E-state index in [1.54, 1.807) is 25.4 Å². The van der Waals surface area contributed by atoms with Crippen LogP contribution in [0.15, 0.2) is 18.3 Å². The Morgan fingerprint density at radius 3 is 3.00 bits per heavy atom. The topological polar surface area (TPSA) is 57.1 Å². The van der Waals surface area contributed by atoms with E-state index in [1.807, 2.05) is 0 Å². The second kappa shape index (κ2) is 5.90. The summed E-state index contributed by atoms with van der Waals surface area (Å²) in [5.41, 5.74) is 0. The van der Waals surface area contributed by atoms with Crippen LogP contribution in [0.25, 0.3) is 0 Å². The number of hydrogen-bond donors (Lipinski definition) is 0. The minimum Gasteiger partial charge on any atom is -0.428 e. The number of hydrogen-bond acceptors (Lipinski definition) is 6. The molecule has 7 heteroatoms. The van der Waals surface area contributed by atoms with Crippen molar-refractivity contribution in [1.29, 1.82) is 0 Å². The fourth-order valence-corrected chi connectivity index (χ4v) is 1.80. The van der Waals surface area contributed by atoms with Crippen molar-refractivity contribution in [3.8, 4) is 10.9 Å². The van der Waals surface area contributed by atoms with E-state index < -0.39 is 0 Å². The summed E-state index contributed by atoms with van der Waals surface area (Å²) in [4.78, 5) is 8.12. The summed E-state index contributed by atoms with van der Waals surface area (Å²) in [6.45, 7) is 0.596. The van der Waals surface area contributed by atoms with E-state index in [2.05, 4.69) is 14.3 Å². The van der Waals surface area contributed by atoms with Gasteiger partial charge in [-0.2, -0.15) is 9.36 Å². The number of halogens is 1. The van der Waals surface area contributed by atoms with E-state index in [0.717, 1.165) is 0 Å². The van der Waals surface area contributed by atoms with E-state index in [4.69, 9.17) is 21.1 Å². The Kier molecular flexibility index (Phi) is 4.24. The van der Waals surface area contributed by atoms with Gasteiger partial charge in [-0.15, -0.1) is 0 Å². The monoisotopic (exact) mass is 271 g/mol. The molecule has 0 unspecified atom stereocenters. The molecule has 2 rings (SSSR count). The lowest BCUT2D eigenvalue weighted by Crippen LogP contribution is -1.96. The van der Waals surface area contributed by atoms with Gasteiger partial charge in [-0.25, -0.2) is 4.98 Å². The molecule has 0 aliphatic heterocycles. The molecule has 0 aliphatic rings. The van der Waals surface area contributed by atoms with Crippen LogP contribution < -0.4 is 4.74 Å². The molecule has 0 atom stereocenters. The Balaban J connectivity index is 1.98. The summed E-state index contributed by atoms with van der Waals surface area (Å²) in [7, 11) is 1.64. The Morgan fingerprint density at radius 2 is 2.29 bits per heavy atom. The third-order valence-electron chi connectivity index (χ3n) is 1.88. The molecule has 0 amide bonds. The molecular weight excluding hydrogens is 262 g/mol. The molecule has 2 heterocycles. The van der Waals surface area contributed by atoms with Crippen LogP contribution in [0, 0.1) is 0 Å². The van der Waals surface area contributed by atoms with Crippen molar-refractivity contribution in [2.45, 2.75) is 6.42 Å². The normalized spacial score (nSPS) is 10.5. The molecule has 2 aromatic rings. The smallest absolute Gasteiger partial charge is 0.298 e. The highest BCUT2D eigenvalue weighted by atomic mass is 35.5. The number of ether oxygens (including phenoxy) is 2. The number of aromatic nitrogens is 3. The first-order chi connectivity index (χ1) is 8.28. The number of nitrogens with zero attached hydrogens (tertiary/aromatic N) is 3. The van der Waals surface area contributed by atoms with Crippen LogP contribution >= 0.6 is 23.1 Å². The molecule has 17 heavy (non-hydrogen) atoms. The van der Waals surface area contributed by atoms with Crippen LogP contribution in [-0.4, -0.2) is 28.1 Å². The Bertz CT molecular complexity index is 475. The predicted octanol–water partition coefficient (Wildman–Crippen LogP) is 2.57. The maximum Gasteiger partial charge on any atom is 0.298 e. The van der Waals surface area contributed by atoms with Crippen LogP contribution in [0.1, 0.15) is 5.82 Å². The number of pyridine rings is 1. The van der Waals surface area contributed by atoms with Gasteiger partial charge in [-0.05, 0) is 12.1 Å². The first kappa shape index (κ1) is 12.2. The quantitative estimate of drug-likeness (QED) is 0.782. The van der Waals surface area contributed by atoms with Gasteiger partial charge in [0.15, 0.2) is 0 Å². The Morgan fingerprint density at radius 1 is 1.41 bits per heavy atom. The van der Waals surface area contributed by atoms with Crippen LogP contribution in [0.2, 0.25) is 5.15 Å². The molecule has 0 N–H and O–H groups in total. The highest BCUT2D eigenvalue weighted by Crippen LogP contribution is 2.23. The second-order valence-electron chi connectivity index (χ2n) is 3.14. The van der Waals surface area contributed by atoms with Gasteiger partial charge in [-0.3, -0.25) is 0 Å². The highest BCUT2D eigenvalue weighted by Gasteiger charge is 2.06. The van der Waals surface area contributed by atoms with Gasteiger partial charge in [0.1, 0.15) is 16.7 Å². The van der Waals surface area contributed by atoms with Crippen molar-refractivity contribution in [2.75, 3.05) is 13.7 Å². The first-order valence-corrected chi connectivity index (χ1v) is 6.04. The molecule has 2 aromatic heterocycles. The van der Waals surface area contributed by atoms with Crippen molar-refractivity contribution >= 4 is 23.1 Å². The van der Waals surface area contributed by atoms with E-state index in [-0.39, 0.29) is 0 Å². The lowest BCUT2D eigenvalue weighted by molar-refractivity contribution is 0.200. The first-order valence-electron chi connectivity index (χ1n) is 4.89. The lowest BCUT2D eigenvalue weighted by atomic mass is 10.4. The van der Waals surface area contributed by atoms with Gasteiger partial charge in [0.05, 0.1) is 12.8 Å². The molecular formula is C10H10ClN3O2S. The minimum absolute atomic E-state index is 0.426. The van der Waals surface area contributed by atoms with Crippen LogP contribution in [0.3, 0.4) is 0 Å². The maximum absolute atomic E-state index is 5.67. The molecule has 90 valence electrons. The van der Waals surface area contributed by atoms with Gasteiger partial charge < -0.3 is 9.47 Å². The summed E-state index contributed by atoms with van der Waals surface area (Å²) in [6.07, 6.45) is 2.22. The Hall–Kier alpha value is -1.24. The van der Waals surface area contributed by atoms with Crippen LogP contribution in [0.5, 0.6) is 10.9 Å². The summed E-state index contributed by atoms with van der Waals surface area (Å²) in [5.74, 6) is 1.30. The van der Waals surface area contributed by atoms with Crippen molar-refractivity contribution in [2.24, 2.45) is 0 Å². The van der Waals surface area contributed by atoms with Gasteiger partial charge >= 0.3 is 0 Å². The zero-order valence-electron chi connectivity index (χ0n) is 9.09. The highest BCUT2D eigenvalue weighted by molar-refractivity contribution is 7.07. The van der Waals surface area contributed by atoms with Crippen LogP contribution in [-0.2, 0) is 11.2 Å². The van der Waals surface area contributed by atoms with Gasteiger partial charge in [-0.1, -0.05) is 11.6 Å². The van der Waals surface area contributed by atoms with E-state index in [1.165, 1.54) is 11.5 Å². The molecule has 0 spiro atoms. The fraction of sp³-hybridized carbons (Fsp3) is 0.300. The predicted molar refractivity (Wildman–Crippen MR) is 64.8 cm³/mol. The average molecular weight is 272 g/mol. The van der Waals surface area contributed by atoms with Gasteiger partial charge in [0.2, 0.25) is 0 Å². The van der Waals surface area contributed by atoms with Crippen molar-refractivity contribution in [3.63, 3.8) is 0 Å². The van der Waals surface area contributed by atoms with Gasteiger partial charge in [0, 0.05) is 25.1 Å². The van der Waals surface area contributed by atoms with E-state index in [9.17, 15) is 0 Å². The minimum atomic E-state index is 0.426. The number of methoxy groups -OCH3 is 1. The molecule has 0 saturated carbocycles. The molecule has 0 aromatic carbocycles. The maximum atomic E-state index is 5.67. The zero-order valence-corrected chi connectivity index (χ0v) is 10.7. The fourth-order valence-electron chi connectivity index (χ4n) is 1.10. The molecule has 5 nitrogen and oxygen atoms in total. The lowest BCUT2D eigenvalue weighted by Gasteiger charge is -1.99. The Labute approximate surface area is 108 Å². The molecule has 0 saturated heterocycles. The average Bonchev–Trinajstić information content (AvgIpc) is 2.77. The molecule has 0 fully saturated rings. The number of rotatable bonds is 5. The third kappa shape index (κ3) is 3.62. The molecule has 0 radical (unpaired) electrons. The summed E-state index contributed by atoms with van der Waals surface area (Å²) >= 11 is 6.87. The van der Waals surface area contributed by atoms with E-state index >= 15 is 0 Å². The molecule has 0 bridgehead atoms. The summed E-state index contributed by atoms with van der Waals surface area (Å²) < 4.78 is 14.6. The van der Waals surface area contributed by atoms with Crippen molar-refractivity contribution in [3.05, 3.63) is 29.3 Å². The van der Waals surface area contributed by atoms with E-state index in [0.29, 0.717) is 34.9 Å². The second-order valence-corrected chi connectivity index (χ2v) is 4.24. The van der Waals surface area contributed by atoms with Crippen LogP contribution in [0.4, 0.5) is 0 Å². The van der Waals surface area contributed by atoms with Gasteiger partial charge in [0.25, 0.3) is 5.19 Å². The zero-order chi connectivity index (χ0) is 12.1. The van der Waals surface area contributed by atoms with Crippen molar-refractivity contribution in [1.82, 2.24) is 14.3 Å². The standard InChI is InChI=1S/C10H10ClN3O2S/c1-15-5-4-9-13-10(17-14-9)16-7-2-3-8(11)12-6-7/h2-3,6H,4-5H2,1H3. The third-order valence-corrected chi connectivity index (χ3v) is 2.74. The SMILES string of the molecule is COCCc1nsc(Oc2ccc(Cl)nc2)n1. The summed E-state index contributed by atoms with van der Waals surface area (Å²) in [6, 6.07) is 3.38. The summed E-state index contributed by atoms with van der Waals surface area (Å²) in [5, 5.41) is 0.913.